The number of thioether (sulfide) groups is 1. The number of hydrogen-bond donors (Lipinski definition) is 2. The summed E-state index contributed by atoms with van der Waals surface area (Å²) < 4.78 is 5.70. The molecule has 0 fully saturated rings. The summed E-state index contributed by atoms with van der Waals surface area (Å²) in [5.41, 5.74) is 4.74. The highest BCUT2D eigenvalue weighted by Crippen LogP contribution is 2.28. The number of amides is 3. The Hall–Kier alpha value is -3.13. The van der Waals surface area contributed by atoms with Crippen LogP contribution in [0.1, 0.15) is 44.4 Å². The van der Waals surface area contributed by atoms with E-state index in [1.165, 1.54) is 5.56 Å². The van der Waals surface area contributed by atoms with E-state index in [9.17, 15) is 9.59 Å². The quantitative estimate of drug-likeness (QED) is 0.498. The molecule has 0 radical (unpaired) electrons. The summed E-state index contributed by atoms with van der Waals surface area (Å²) in [7, 11) is 0. The van der Waals surface area contributed by atoms with Gasteiger partial charge in [-0.15, -0.1) is 10.2 Å². The second-order valence-corrected chi connectivity index (χ2v) is 10.0. The molecule has 0 spiro atoms. The molecular weight excluding hydrogens is 424 g/mol. The lowest BCUT2D eigenvalue weighted by molar-refractivity contribution is -0.119. The van der Waals surface area contributed by atoms with Crippen molar-refractivity contribution in [1.29, 1.82) is 0 Å². The highest BCUT2D eigenvalue weighted by molar-refractivity contribution is 8.00. The van der Waals surface area contributed by atoms with Gasteiger partial charge in [-0.2, -0.15) is 0 Å². The van der Waals surface area contributed by atoms with Crippen LogP contribution in [0.5, 0.6) is 0 Å². The van der Waals surface area contributed by atoms with Gasteiger partial charge in [0.05, 0.1) is 5.25 Å². The van der Waals surface area contributed by atoms with Crippen LogP contribution >= 0.6 is 11.8 Å². The van der Waals surface area contributed by atoms with E-state index in [1.807, 2.05) is 50.2 Å². The zero-order valence-electron chi connectivity index (χ0n) is 19.1. The molecule has 1 atom stereocenters. The summed E-state index contributed by atoms with van der Waals surface area (Å²) in [6.45, 7) is 12.0. The molecule has 0 bridgehead atoms. The zero-order chi connectivity index (χ0) is 23.5. The van der Waals surface area contributed by atoms with Crippen molar-refractivity contribution in [3.63, 3.8) is 0 Å². The van der Waals surface area contributed by atoms with Crippen LogP contribution in [0, 0.1) is 13.8 Å². The molecule has 0 aliphatic heterocycles. The minimum absolute atomic E-state index is 0.0572. The number of rotatable bonds is 5. The highest BCUT2D eigenvalue weighted by Gasteiger charge is 2.21. The van der Waals surface area contributed by atoms with Crippen LogP contribution in [0.4, 0.5) is 10.5 Å². The van der Waals surface area contributed by atoms with Gasteiger partial charge in [-0.05, 0) is 55.5 Å². The van der Waals surface area contributed by atoms with Gasteiger partial charge >= 0.3 is 6.03 Å². The van der Waals surface area contributed by atoms with Gasteiger partial charge < -0.3 is 9.73 Å². The molecule has 1 heterocycles. The fourth-order valence-corrected chi connectivity index (χ4v) is 3.70. The minimum atomic E-state index is -0.601. The number of benzene rings is 2. The summed E-state index contributed by atoms with van der Waals surface area (Å²) in [5.74, 6) is -0.0697. The van der Waals surface area contributed by atoms with Crippen LogP contribution in [-0.2, 0) is 10.2 Å². The molecule has 7 nitrogen and oxygen atoms in total. The fraction of sp³-hybridized carbons (Fsp3) is 0.333. The van der Waals surface area contributed by atoms with Crippen molar-refractivity contribution in [3.8, 4) is 11.5 Å². The molecule has 0 saturated heterocycles. The van der Waals surface area contributed by atoms with Crippen molar-refractivity contribution in [2.75, 3.05) is 5.32 Å². The topological polar surface area (TPSA) is 97.1 Å². The normalized spacial score (nSPS) is 12.3. The fourth-order valence-electron chi connectivity index (χ4n) is 3.01. The van der Waals surface area contributed by atoms with Gasteiger partial charge in [0.2, 0.25) is 11.8 Å². The molecule has 8 heteroatoms. The second kappa shape index (κ2) is 9.56. The molecule has 1 aromatic heterocycles. The van der Waals surface area contributed by atoms with Crippen LogP contribution in [0.2, 0.25) is 0 Å². The molecule has 1 unspecified atom stereocenters. The molecule has 32 heavy (non-hydrogen) atoms. The number of urea groups is 1. The largest absolute Gasteiger partial charge is 0.411 e. The number of aromatic nitrogens is 2. The third-order valence-corrected chi connectivity index (χ3v) is 5.85. The summed E-state index contributed by atoms with van der Waals surface area (Å²) in [5, 5.41) is 12.8. The maximum absolute atomic E-state index is 12.4. The average molecular weight is 453 g/mol. The zero-order valence-corrected chi connectivity index (χ0v) is 20.0. The van der Waals surface area contributed by atoms with Crippen LogP contribution in [-0.4, -0.2) is 27.4 Å². The number of imide groups is 1. The van der Waals surface area contributed by atoms with Crippen LogP contribution in [0.15, 0.2) is 52.1 Å². The average Bonchev–Trinajstić information content (AvgIpc) is 3.18. The molecule has 2 aromatic carbocycles. The number of nitrogens with zero attached hydrogens (tertiary/aromatic N) is 2. The SMILES string of the molecule is Cc1ccc(NC(=O)NC(=O)C(C)Sc2nnc(-c3ccc(C(C)(C)C)cc3)o2)c(C)c1. The van der Waals surface area contributed by atoms with E-state index < -0.39 is 17.2 Å². The van der Waals surface area contributed by atoms with Crippen LogP contribution in [0.25, 0.3) is 11.5 Å². The van der Waals surface area contributed by atoms with Gasteiger partial charge in [0.1, 0.15) is 0 Å². The second-order valence-electron chi connectivity index (χ2n) is 8.72. The third kappa shape index (κ3) is 5.97. The molecule has 0 aliphatic carbocycles. The van der Waals surface area contributed by atoms with Crippen LogP contribution in [0.3, 0.4) is 0 Å². The smallest absolute Gasteiger partial charge is 0.325 e. The summed E-state index contributed by atoms with van der Waals surface area (Å²) in [6, 6.07) is 13.0. The van der Waals surface area contributed by atoms with Crippen molar-refractivity contribution in [1.82, 2.24) is 15.5 Å². The first-order chi connectivity index (χ1) is 15.0. The summed E-state index contributed by atoms with van der Waals surface area (Å²) >= 11 is 1.10. The molecule has 3 amide bonds. The van der Waals surface area contributed by atoms with E-state index >= 15 is 0 Å². The van der Waals surface area contributed by atoms with Crippen molar-refractivity contribution < 1.29 is 14.0 Å². The highest BCUT2D eigenvalue weighted by atomic mass is 32.2. The third-order valence-electron chi connectivity index (χ3n) is 4.92. The summed E-state index contributed by atoms with van der Waals surface area (Å²) in [4.78, 5) is 24.6. The number of hydrogen-bond acceptors (Lipinski definition) is 6. The maximum Gasteiger partial charge on any atom is 0.325 e. The Balaban J connectivity index is 1.57. The number of aryl methyl sites for hydroxylation is 2. The van der Waals surface area contributed by atoms with Gasteiger partial charge in [-0.3, -0.25) is 10.1 Å². The van der Waals surface area contributed by atoms with E-state index in [0.717, 1.165) is 28.5 Å². The van der Waals surface area contributed by atoms with Crippen LogP contribution < -0.4 is 10.6 Å². The lowest BCUT2D eigenvalue weighted by Gasteiger charge is -2.18. The van der Waals surface area contributed by atoms with E-state index in [-0.39, 0.29) is 10.6 Å². The Bertz CT molecular complexity index is 1120. The molecule has 2 N–H and O–H groups in total. The van der Waals surface area contributed by atoms with Gasteiger partial charge in [0, 0.05) is 11.3 Å². The molecule has 0 aliphatic rings. The Morgan fingerprint density at radius 2 is 1.72 bits per heavy atom. The van der Waals surface area contributed by atoms with Gasteiger partial charge in [0.15, 0.2) is 0 Å². The molecule has 168 valence electrons. The Kier molecular flexibility index (Phi) is 7.03. The molecule has 0 saturated carbocycles. The van der Waals surface area contributed by atoms with Crippen molar-refractivity contribution in [3.05, 3.63) is 59.2 Å². The Morgan fingerprint density at radius 1 is 1.03 bits per heavy atom. The van der Waals surface area contributed by atoms with E-state index in [1.54, 1.807) is 13.0 Å². The lowest BCUT2D eigenvalue weighted by atomic mass is 9.87. The Labute approximate surface area is 192 Å². The van der Waals surface area contributed by atoms with E-state index in [2.05, 4.69) is 41.6 Å². The number of nitrogens with one attached hydrogen (secondary N) is 2. The predicted octanol–water partition coefficient (Wildman–Crippen LogP) is 5.48. The number of anilines is 1. The van der Waals surface area contributed by atoms with E-state index in [0.29, 0.717) is 11.6 Å². The van der Waals surface area contributed by atoms with Gasteiger partial charge in [-0.1, -0.05) is 62.4 Å². The van der Waals surface area contributed by atoms with E-state index in [4.69, 9.17) is 4.42 Å². The van der Waals surface area contributed by atoms with Gasteiger partial charge in [-0.25, -0.2) is 4.79 Å². The predicted molar refractivity (Wildman–Crippen MR) is 127 cm³/mol. The lowest BCUT2D eigenvalue weighted by Crippen LogP contribution is -2.39. The standard InChI is InChI=1S/C24H28N4O3S/c1-14-7-12-19(15(2)13-14)25-22(30)26-20(29)16(3)32-23-28-27-21(31-23)17-8-10-18(11-9-17)24(4,5)6/h7-13,16H,1-6H3,(H2,25,26,29,30). The Morgan fingerprint density at radius 3 is 2.34 bits per heavy atom. The minimum Gasteiger partial charge on any atom is -0.411 e. The molecule has 3 aromatic rings. The first-order valence-electron chi connectivity index (χ1n) is 10.3. The monoisotopic (exact) mass is 452 g/mol. The van der Waals surface area contributed by atoms with Crippen molar-refractivity contribution in [2.45, 2.75) is 57.4 Å². The summed E-state index contributed by atoms with van der Waals surface area (Å²) in [6.07, 6.45) is 0. The van der Waals surface area contributed by atoms with Gasteiger partial charge in [0.25, 0.3) is 5.22 Å². The number of carbonyl (C=O) groups excluding carboxylic acids is 2. The molecular formula is C24H28N4O3S. The number of carbonyl (C=O) groups is 2. The van der Waals surface area contributed by atoms with Crippen molar-refractivity contribution in [2.24, 2.45) is 0 Å². The molecule has 3 rings (SSSR count). The first kappa shape index (κ1) is 23.5. The maximum atomic E-state index is 12.4. The first-order valence-corrected chi connectivity index (χ1v) is 11.2. The van der Waals surface area contributed by atoms with Crippen molar-refractivity contribution >= 4 is 29.4 Å².